The maximum absolute atomic E-state index is 12.6. The number of rotatable bonds is 5. The molecule has 2 amide bonds. The van der Waals surface area contributed by atoms with Gasteiger partial charge in [0.15, 0.2) is 11.5 Å². The van der Waals surface area contributed by atoms with Gasteiger partial charge in [0.05, 0.1) is 19.7 Å². The summed E-state index contributed by atoms with van der Waals surface area (Å²) in [6.07, 6.45) is 1.64. The smallest absolute Gasteiger partial charge is 0.251 e. The average Bonchev–Trinajstić information content (AvgIpc) is 3.33. The molecule has 3 aromatic rings. The minimum absolute atomic E-state index is 0.0446. The van der Waals surface area contributed by atoms with Crippen molar-refractivity contribution in [2.24, 2.45) is 0 Å². The number of carbonyl (C=O) groups excluding carboxylic acids is 2. The zero-order valence-corrected chi connectivity index (χ0v) is 16.8. The number of anilines is 2. The summed E-state index contributed by atoms with van der Waals surface area (Å²) in [6, 6.07) is 11.9. The zero-order valence-electron chi connectivity index (χ0n) is 16.8. The molecule has 0 saturated carbocycles. The molecule has 0 spiro atoms. The molecule has 158 valence electrons. The van der Waals surface area contributed by atoms with Crippen LogP contribution in [0, 0.1) is 0 Å². The van der Waals surface area contributed by atoms with Crippen LogP contribution < -0.4 is 24.8 Å². The molecule has 0 radical (unpaired) electrons. The molecule has 0 fully saturated rings. The van der Waals surface area contributed by atoms with Crippen molar-refractivity contribution in [2.45, 2.75) is 12.5 Å². The van der Waals surface area contributed by atoms with Gasteiger partial charge < -0.3 is 24.8 Å². The normalized spacial score (nSPS) is 16.4. The number of fused-ring (bicyclic) bond motifs is 2. The van der Waals surface area contributed by atoms with Gasteiger partial charge in [-0.25, -0.2) is 4.68 Å². The van der Waals surface area contributed by atoms with Crippen molar-refractivity contribution < 1.29 is 23.8 Å². The van der Waals surface area contributed by atoms with Crippen LogP contribution in [0.15, 0.2) is 48.7 Å². The molecular formula is C22H20N4O5. The predicted octanol–water partition coefficient (Wildman–Crippen LogP) is 2.85. The Kier molecular flexibility index (Phi) is 4.70. The number of amides is 2. The highest BCUT2D eigenvalue weighted by Crippen LogP contribution is 2.37. The van der Waals surface area contributed by atoms with Crippen molar-refractivity contribution in [3.8, 4) is 28.4 Å². The van der Waals surface area contributed by atoms with E-state index in [-0.39, 0.29) is 18.2 Å². The fourth-order valence-electron chi connectivity index (χ4n) is 3.70. The van der Waals surface area contributed by atoms with Crippen molar-refractivity contribution in [3.05, 3.63) is 48.7 Å². The molecule has 3 heterocycles. The van der Waals surface area contributed by atoms with E-state index in [4.69, 9.17) is 14.2 Å². The maximum Gasteiger partial charge on any atom is 0.251 e. The second-order valence-electron chi connectivity index (χ2n) is 7.20. The van der Waals surface area contributed by atoms with Crippen LogP contribution in [0.25, 0.3) is 11.1 Å². The van der Waals surface area contributed by atoms with E-state index in [9.17, 15) is 9.59 Å². The van der Waals surface area contributed by atoms with E-state index in [2.05, 4.69) is 15.7 Å². The van der Waals surface area contributed by atoms with E-state index in [1.54, 1.807) is 36.2 Å². The summed E-state index contributed by atoms with van der Waals surface area (Å²) in [5, 5.41) is 10.0. The summed E-state index contributed by atoms with van der Waals surface area (Å²) < 4.78 is 17.8. The molecule has 2 aliphatic rings. The maximum atomic E-state index is 12.6. The lowest BCUT2D eigenvalue weighted by Crippen LogP contribution is -2.23. The molecule has 0 saturated heterocycles. The van der Waals surface area contributed by atoms with Gasteiger partial charge in [-0.15, -0.1) is 0 Å². The molecule has 1 aromatic heterocycles. The number of ether oxygens (including phenoxy) is 3. The molecule has 1 atom stereocenters. The molecule has 1 unspecified atom stereocenters. The number of hydrogen-bond acceptors (Lipinski definition) is 6. The largest absolute Gasteiger partial charge is 0.497 e. The number of nitrogens with one attached hydrogen (secondary N) is 2. The first-order chi connectivity index (χ1) is 15.1. The van der Waals surface area contributed by atoms with Gasteiger partial charge >= 0.3 is 0 Å². The number of methoxy groups -OCH3 is 1. The highest BCUT2D eigenvalue weighted by molar-refractivity contribution is 6.04. The second kappa shape index (κ2) is 7.67. The molecule has 0 bridgehead atoms. The van der Waals surface area contributed by atoms with Crippen LogP contribution in [-0.2, 0) is 9.59 Å². The van der Waals surface area contributed by atoms with E-state index < -0.39 is 6.04 Å². The summed E-state index contributed by atoms with van der Waals surface area (Å²) in [4.78, 5) is 25.2. The summed E-state index contributed by atoms with van der Waals surface area (Å²) in [5.41, 5.74) is 2.25. The van der Waals surface area contributed by atoms with Gasteiger partial charge in [0.25, 0.3) is 5.91 Å². The lowest BCUT2D eigenvalue weighted by Gasteiger charge is -2.19. The minimum atomic E-state index is -0.723. The Balaban J connectivity index is 1.31. The number of benzene rings is 2. The standard InChI is InChI=1S/C22H20N4O5/c1-29-15-5-2-13(3-6-15)16-12-23-26-17(22(28)25-21(16)26)11-20(27)24-14-4-7-18-19(10-14)31-9-8-30-18/h2-7,10,12,17H,8-9,11H2,1H3,(H,24,27)(H,25,28). The third-order valence-electron chi connectivity index (χ3n) is 5.24. The van der Waals surface area contributed by atoms with Crippen LogP contribution in [-0.4, -0.2) is 41.9 Å². The lowest BCUT2D eigenvalue weighted by molar-refractivity contribution is -0.123. The zero-order chi connectivity index (χ0) is 21.4. The fourth-order valence-corrected chi connectivity index (χ4v) is 3.70. The third-order valence-corrected chi connectivity index (χ3v) is 5.24. The molecule has 31 heavy (non-hydrogen) atoms. The lowest BCUT2D eigenvalue weighted by atomic mass is 10.1. The Morgan fingerprint density at radius 2 is 1.97 bits per heavy atom. The number of hydrogen-bond donors (Lipinski definition) is 2. The first-order valence-corrected chi connectivity index (χ1v) is 9.84. The third kappa shape index (κ3) is 3.54. The first kappa shape index (κ1) is 19.0. The van der Waals surface area contributed by atoms with E-state index >= 15 is 0 Å². The molecule has 9 heteroatoms. The van der Waals surface area contributed by atoms with Gasteiger partial charge in [-0.1, -0.05) is 12.1 Å². The Hall–Kier alpha value is -4.01. The van der Waals surface area contributed by atoms with E-state index in [1.165, 1.54) is 0 Å². The summed E-state index contributed by atoms with van der Waals surface area (Å²) in [5.74, 6) is 1.98. The van der Waals surface area contributed by atoms with Crippen molar-refractivity contribution >= 4 is 23.3 Å². The van der Waals surface area contributed by atoms with Crippen LogP contribution in [0.4, 0.5) is 11.5 Å². The van der Waals surface area contributed by atoms with E-state index in [0.29, 0.717) is 36.2 Å². The molecule has 2 aromatic carbocycles. The Bertz CT molecular complexity index is 1160. The quantitative estimate of drug-likeness (QED) is 0.658. The van der Waals surface area contributed by atoms with E-state index in [1.807, 2.05) is 24.3 Å². The van der Waals surface area contributed by atoms with Crippen LogP contribution in [0.5, 0.6) is 17.2 Å². The van der Waals surface area contributed by atoms with Gasteiger partial charge in [0.1, 0.15) is 30.8 Å². The first-order valence-electron chi connectivity index (χ1n) is 9.84. The van der Waals surface area contributed by atoms with E-state index in [0.717, 1.165) is 16.9 Å². The second-order valence-corrected chi connectivity index (χ2v) is 7.20. The van der Waals surface area contributed by atoms with Gasteiger partial charge in [-0.2, -0.15) is 5.10 Å². The number of nitrogens with zero attached hydrogens (tertiary/aromatic N) is 2. The Morgan fingerprint density at radius 1 is 1.19 bits per heavy atom. The topological polar surface area (TPSA) is 104 Å². The molecule has 2 N–H and O–H groups in total. The molecule has 5 rings (SSSR count). The monoisotopic (exact) mass is 420 g/mol. The summed E-state index contributed by atoms with van der Waals surface area (Å²) in [6.45, 7) is 0.964. The SMILES string of the molecule is COc1ccc(-c2cnn3c2NC(=O)C3CC(=O)Nc2ccc3c(c2)OCCO3)cc1. The molecular weight excluding hydrogens is 400 g/mol. The highest BCUT2D eigenvalue weighted by Gasteiger charge is 2.35. The number of aromatic nitrogens is 2. The van der Waals surface area contributed by atoms with Crippen LogP contribution in [0.1, 0.15) is 12.5 Å². The van der Waals surface area contributed by atoms with Gasteiger partial charge in [0.2, 0.25) is 5.91 Å². The Labute approximate surface area is 177 Å². The molecule has 9 nitrogen and oxygen atoms in total. The molecule has 2 aliphatic heterocycles. The van der Waals surface area contributed by atoms with Crippen molar-refractivity contribution in [2.75, 3.05) is 31.0 Å². The van der Waals surface area contributed by atoms with Crippen LogP contribution >= 0.6 is 0 Å². The average molecular weight is 420 g/mol. The van der Waals surface area contributed by atoms with Gasteiger partial charge in [-0.3, -0.25) is 9.59 Å². The van der Waals surface area contributed by atoms with Gasteiger partial charge in [0, 0.05) is 17.3 Å². The summed E-state index contributed by atoms with van der Waals surface area (Å²) in [7, 11) is 1.60. The highest BCUT2D eigenvalue weighted by atomic mass is 16.6. The fraction of sp³-hybridized carbons (Fsp3) is 0.227. The number of carbonyl (C=O) groups is 2. The summed E-state index contributed by atoms with van der Waals surface area (Å²) >= 11 is 0. The van der Waals surface area contributed by atoms with Crippen molar-refractivity contribution in [1.29, 1.82) is 0 Å². The van der Waals surface area contributed by atoms with Crippen LogP contribution in [0.3, 0.4) is 0 Å². The predicted molar refractivity (Wildman–Crippen MR) is 113 cm³/mol. The van der Waals surface area contributed by atoms with Gasteiger partial charge in [-0.05, 0) is 29.8 Å². The van der Waals surface area contributed by atoms with Crippen LogP contribution in [0.2, 0.25) is 0 Å². The minimum Gasteiger partial charge on any atom is -0.497 e. The Morgan fingerprint density at radius 3 is 2.74 bits per heavy atom. The van der Waals surface area contributed by atoms with Crippen molar-refractivity contribution in [3.63, 3.8) is 0 Å². The van der Waals surface area contributed by atoms with Crippen molar-refractivity contribution in [1.82, 2.24) is 9.78 Å². The molecule has 0 aliphatic carbocycles.